The van der Waals surface area contributed by atoms with Crippen LogP contribution in [0.1, 0.15) is 60.3 Å². The van der Waals surface area contributed by atoms with E-state index < -0.39 is 5.97 Å². The van der Waals surface area contributed by atoms with Gasteiger partial charge in [0.25, 0.3) is 0 Å². The normalized spacial score (nSPS) is 23.4. The summed E-state index contributed by atoms with van der Waals surface area (Å²) in [6, 6.07) is -0.572. The summed E-state index contributed by atoms with van der Waals surface area (Å²) in [7, 11) is 0. The van der Waals surface area contributed by atoms with Crippen LogP contribution < -0.4 is 10.6 Å². The van der Waals surface area contributed by atoms with Crippen molar-refractivity contribution in [3.8, 4) is 0 Å². The Balaban J connectivity index is 2.72. The molecule has 0 saturated carbocycles. The van der Waals surface area contributed by atoms with E-state index in [4.69, 9.17) is 5.11 Å². The fourth-order valence-corrected chi connectivity index (χ4v) is 3.07. The number of aliphatic carboxylic acids is 1. The first-order valence-corrected chi connectivity index (χ1v) is 7.77. The van der Waals surface area contributed by atoms with Crippen LogP contribution in [0.2, 0.25) is 0 Å². The predicted octanol–water partition coefficient (Wildman–Crippen LogP) is 2.16. The summed E-state index contributed by atoms with van der Waals surface area (Å²) in [4.78, 5) is 23.5. The van der Waals surface area contributed by atoms with E-state index in [1.54, 1.807) is 0 Å². The van der Waals surface area contributed by atoms with Crippen LogP contribution in [0, 0.1) is 10.8 Å². The monoisotopic (exact) mass is 298 g/mol. The third-order valence-electron chi connectivity index (χ3n) is 4.02. The molecule has 122 valence electrons. The minimum absolute atomic E-state index is 0.0249. The van der Waals surface area contributed by atoms with Crippen molar-refractivity contribution in [3.63, 3.8) is 0 Å². The van der Waals surface area contributed by atoms with Crippen molar-refractivity contribution in [2.75, 3.05) is 6.54 Å². The van der Waals surface area contributed by atoms with Crippen molar-refractivity contribution in [1.29, 1.82) is 0 Å². The van der Waals surface area contributed by atoms with Crippen LogP contribution in [0.15, 0.2) is 0 Å². The highest BCUT2D eigenvalue weighted by molar-refractivity contribution is 5.83. The van der Waals surface area contributed by atoms with Crippen LogP contribution in [-0.2, 0) is 9.59 Å². The molecule has 0 radical (unpaired) electrons. The number of carboxylic acid groups (broad SMARTS) is 1. The third-order valence-corrected chi connectivity index (χ3v) is 4.02. The highest BCUT2D eigenvalue weighted by Gasteiger charge is 2.38. The fourth-order valence-electron chi connectivity index (χ4n) is 3.07. The molecule has 2 unspecified atom stereocenters. The van der Waals surface area contributed by atoms with Gasteiger partial charge in [-0.2, -0.15) is 0 Å². The lowest BCUT2D eigenvalue weighted by Crippen LogP contribution is -2.57. The number of nitrogens with one attached hydrogen (secondary N) is 2. The third kappa shape index (κ3) is 6.04. The first-order valence-electron chi connectivity index (χ1n) is 7.77. The molecule has 21 heavy (non-hydrogen) atoms. The molecule has 5 heteroatoms. The number of hydrogen-bond acceptors (Lipinski definition) is 3. The molecule has 0 aliphatic carbocycles. The Morgan fingerprint density at radius 3 is 2.48 bits per heavy atom. The minimum atomic E-state index is -0.875. The van der Waals surface area contributed by atoms with Crippen LogP contribution in [0.25, 0.3) is 0 Å². The lowest BCUT2D eigenvalue weighted by Gasteiger charge is -2.39. The Morgan fingerprint density at radius 1 is 1.38 bits per heavy atom. The van der Waals surface area contributed by atoms with E-state index in [0.29, 0.717) is 6.42 Å². The largest absolute Gasteiger partial charge is 0.481 e. The summed E-state index contributed by atoms with van der Waals surface area (Å²) >= 11 is 0. The van der Waals surface area contributed by atoms with Crippen molar-refractivity contribution in [1.82, 2.24) is 10.6 Å². The van der Waals surface area contributed by atoms with Gasteiger partial charge in [-0.25, -0.2) is 0 Å². The second-order valence-electron chi connectivity index (χ2n) is 8.05. The zero-order chi connectivity index (χ0) is 16.3. The fraction of sp³-hybridized carbons (Fsp3) is 0.875. The smallest absolute Gasteiger partial charge is 0.305 e. The number of carbonyl (C=O) groups is 2. The molecule has 1 fully saturated rings. The molecule has 1 rings (SSSR count). The van der Waals surface area contributed by atoms with E-state index in [-0.39, 0.29) is 35.2 Å². The van der Waals surface area contributed by atoms with Crippen LogP contribution in [0.4, 0.5) is 0 Å². The zero-order valence-corrected chi connectivity index (χ0v) is 14.0. The quantitative estimate of drug-likeness (QED) is 0.727. The first kappa shape index (κ1) is 18.0. The van der Waals surface area contributed by atoms with Gasteiger partial charge in [0.1, 0.15) is 0 Å². The van der Waals surface area contributed by atoms with Crippen molar-refractivity contribution in [3.05, 3.63) is 0 Å². The average molecular weight is 298 g/mol. The van der Waals surface area contributed by atoms with Gasteiger partial charge in [0, 0.05) is 6.04 Å². The SMILES string of the molecule is CC(C)(C)CC(CC(=O)O)NC(=O)C1NCCCC1(C)C. The molecule has 0 aromatic rings. The Bertz CT molecular complexity index is 385. The Labute approximate surface area is 127 Å². The van der Waals surface area contributed by atoms with Gasteiger partial charge in [0.05, 0.1) is 12.5 Å². The van der Waals surface area contributed by atoms with Gasteiger partial charge < -0.3 is 15.7 Å². The van der Waals surface area contributed by atoms with Crippen LogP contribution in [0.3, 0.4) is 0 Å². The molecule has 1 amide bonds. The molecular weight excluding hydrogens is 268 g/mol. The van der Waals surface area contributed by atoms with Gasteiger partial charge >= 0.3 is 5.97 Å². The molecule has 5 nitrogen and oxygen atoms in total. The average Bonchev–Trinajstić information content (AvgIpc) is 2.24. The summed E-state index contributed by atoms with van der Waals surface area (Å²) in [6.07, 6.45) is 2.69. The second kappa shape index (κ2) is 6.77. The van der Waals surface area contributed by atoms with Gasteiger partial charge in [-0.1, -0.05) is 34.6 Å². The molecule has 1 aliphatic rings. The van der Waals surface area contributed by atoms with Crippen LogP contribution in [0.5, 0.6) is 0 Å². The lowest BCUT2D eigenvalue weighted by molar-refractivity contribution is -0.138. The molecule has 0 bridgehead atoms. The van der Waals surface area contributed by atoms with Crippen molar-refractivity contribution in [2.45, 2.75) is 72.4 Å². The van der Waals surface area contributed by atoms with E-state index >= 15 is 0 Å². The molecule has 0 aromatic carbocycles. The highest BCUT2D eigenvalue weighted by atomic mass is 16.4. The Morgan fingerprint density at radius 2 is 2.00 bits per heavy atom. The minimum Gasteiger partial charge on any atom is -0.481 e. The first-order chi connectivity index (χ1) is 9.51. The van der Waals surface area contributed by atoms with Crippen molar-refractivity contribution < 1.29 is 14.7 Å². The maximum atomic E-state index is 12.5. The molecule has 1 aliphatic heterocycles. The Kier molecular flexibility index (Phi) is 5.79. The van der Waals surface area contributed by atoms with Crippen molar-refractivity contribution >= 4 is 11.9 Å². The molecule has 0 aromatic heterocycles. The molecular formula is C16H30N2O3. The molecule has 0 spiro atoms. The lowest BCUT2D eigenvalue weighted by atomic mass is 9.77. The van der Waals surface area contributed by atoms with Gasteiger partial charge in [0.15, 0.2) is 0 Å². The summed E-state index contributed by atoms with van der Waals surface area (Å²) in [6.45, 7) is 11.2. The van der Waals surface area contributed by atoms with E-state index in [9.17, 15) is 9.59 Å². The number of rotatable bonds is 5. The van der Waals surface area contributed by atoms with E-state index in [1.807, 2.05) is 0 Å². The number of carbonyl (C=O) groups excluding carboxylic acids is 1. The topological polar surface area (TPSA) is 78.4 Å². The molecule has 1 saturated heterocycles. The molecule has 3 N–H and O–H groups in total. The van der Waals surface area contributed by atoms with E-state index in [2.05, 4.69) is 45.3 Å². The number of hydrogen-bond donors (Lipinski definition) is 3. The van der Waals surface area contributed by atoms with Crippen molar-refractivity contribution in [2.24, 2.45) is 10.8 Å². The number of piperidine rings is 1. The van der Waals surface area contributed by atoms with Gasteiger partial charge in [-0.15, -0.1) is 0 Å². The van der Waals surface area contributed by atoms with Crippen LogP contribution >= 0.6 is 0 Å². The van der Waals surface area contributed by atoms with E-state index in [0.717, 1.165) is 19.4 Å². The summed E-state index contributed by atoms with van der Waals surface area (Å²) in [5, 5.41) is 15.3. The molecule has 1 heterocycles. The number of carboxylic acids is 1. The maximum absolute atomic E-state index is 12.5. The number of amides is 1. The van der Waals surface area contributed by atoms with Gasteiger partial charge in [-0.05, 0) is 36.6 Å². The predicted molar refractivity (Wildman–Crippen MR) is 83.1 cm³/mol. The summed E-state index contributed by atoms with van der Waals surface area (Å²) < 4.78 is 0. The summed E-state index contributed by atoms with van der Waals surface area (Å²) in [5.41, 5.74) is -0.124. The van der Waals surface area contributed by atoms with E-state index in [1.165, 1.54) is 0 Å². The molecule has 2 atom stereocenters. The van der Waals surface area contributed by atoms with Gasteiger partial charge in [0.2, 0.25) is 5.91 Å². The zero-order valence-electron chi connectivity index (χ0n) is 14.0. The highest BCUT2D eigenvalue weighted by Crippen LogP contribution is 2.30. The maximum Gasteiger partial charge on any atom is 0.305 e. The standard InChI is InChI=1S/C16H30N2O3/c1-15(2,3)10-11(9-12(19)20)18-14(21)13-16(4,5)7-6-8-17-13/h11,13,17H,6-10H2,1-5H3,(H,18,21)(H,19,20). The second-order valence-corrected chi connectivity index (χ2v) is 8.05. The van der Waals surface area contributed by atoms with Gasteiger partial charge in [-0.3, -0.25) is 9.59 Å². The summed E-state index contributed by atoms with van der Waals surface area (Å²) in [5.74, 6) is -0.949. The Hall–Kier alpha value is -1.10. The van der Waals surface area contributed by atoms with Crippen LogP contribution in [-0.4, -0.2) is 35.6 Å².